The van der Waals surface area contributed by atoms with Gasteiger partial charge in [0.1, 0.15) is 6.07 Å². The first-order chi connectivity index (χ1) is 6.76. The van der Waals surface area contributed by atoms with E-state index in [1.807, 2.05) is 17.7 Å². The fourth-order valence-electron chi connectivity index (χ4n) is 1.74. The number of nitriles is 1. The lowest BCUT2D eigenvalue weighted by Gasteiger charge is -2.10. The summed E-state index contributed by atoms with van der Waals surface area (Å²) in [4.78, 5) is 0. The van der Waals surface area contributed by atoms with Crippen molar-refractivity contribution < 1.29 is 0 Å². The minimum atomic E-state index is 0.486. The van der Waals surface area contributed by atoms with Crippen LogP contribution < -0.4 is 0 Å². The van der Waals surface area contributed by atoms with Gasteiger partial charge in [-0.2, -0.15) is 10.4 Å². The van der Waals surface area contributed by atoms with E-state index in [1.54, 1.807) is 0 Å². The van der Waals surface area contributed by atoms with Crippen molar-refractivity contribution in [2.75, 3.05) is 0 Å². The van der Waals surface area contributed by atoms with Crippen LogP contribution in [0, 0.1) is 11.3 Å². The van der Waals surface area contributed by atoms with Crippen LogP contribution in [0.2, 0.25) is 0 Å². The second kappa shape index (κ2) is 3.47. The first-order valence-electron chi connectivity index (χ1n) is 4.62. The van der Waals surface area contributed by atoms with Gasteiger partial charge in [-0.05, 0) is 25.8 Å². The van der Waals surface area contributed by atoms with Crippen LogP contribution in [0.25, 0.3) is 6.08 Å². The van der Waals surface area contributed by atoms with Gasteiger partial charge in [0.25, 0.3) is 0 Å². The summed E-state index contributed by atoms with van der Waals surface area (Å²) in [5.74, 6) is 0. The van der Waals surface area contributed by atoms with Crippen molar-refractivity contribution in [3.05, 3.63) is 22.0 Å². The van der Waals surface area contributed by atoms with E-state index < -0.39 is 0 Å². The highest BCUT2D eigenvalue weighted by Crippen LogP contribution is 2.28. The van der Waals surface area contributed by atoms with E-state index >= 15 is 0 Å². The van der Waals surface area contributed by atoms with E-state index in [0.717, 1.165) is 35.7 Å². The number of aromatic nitrogens is 2. The third kappa shape index (κ3) is 1.32. The second-order valence-electron chi connectivity index (χ2n) is 3.23. The number of rotatable bonds is 1. The van der Waals surface area contributed by atoms with Crippen molar-refractivity contribution in [2.24, 2.45) is 0 Å². The molecule has 0 unspecified atom stereocenters. The van der Waals surface area contributed by atoms with Crippen molar-refractivity contribution in [1.82, 2.24) is 9.78 Å². The van der Waals surface area contributed by atoms with Crippen molar-refractivity contribution in [3.63, 3.8) is 0 Å². The highest BCUT2D eigenvalue weighted by atomic mass is 35.5. The number of hydrogen-bond donors (Lipinski definition) is 0. The zero-order valence-corrected chi connectivity index (χ0v) is 8.67. The highest BCUT2D eigenvalue weighted by Gasteiger charge is 2.19. The predicted octanol–water partition coefficient (Wildman–Crippen LogP) is 2.30. The van der Waals surface area contributed by atoms with E-state index in [2.05, 4.69) is 11.2 Å². The first-order valence-corrected chi connectivity index (χ1v) is 5.00. The predicted molar refractivity (Wildman–Crippen MR) is 54.8 cm³/mol. The maximum Gasteiger partial charge on any atom is 0.170 e. The zero-order chi connectivity index (χ0) is 10.1. The molecular weight excluding hydrogens is 198 g/mol. The van der Waals surface area contributed by atoms with Crippen molar-refractivity contribution in [1.29, 1.82) is 5.26 Å². The third-order valence-corrected chi connectivity index (χ3v) is 2.70. The molecule has 0 radical (unpaired) electrons. The van der Waals surface area contributed by atoms with Gasteiger partial charge in [-0.3, -0.25) is 4.68 Å². The Morgan fingerprint density at radius 2 is 2.43 bits per heavy atom. The standard InChI is InChI=1S/C10H10ClN3/c1-2-14-10-4-3-7(11)5-8(10)9(6-12)13-14/h5H,2-4H2,1H3. The molecule has 1 aliphatic rings. The van der Waals surface area contributed by atoms with Crippen LogP contribution in [0.5, 0.6) is 0 Å². The van der Waals surface area contributed by atoms with Gasteiger partial charge >= 0.3 is 0 Å². The Hall–Kier alpha value is -1.27. The Balaban J connectivity index is 2.61. The monoisotopic (exact) mass is 207 g/mol. The Morgan fingerprint density at radius 1 is 1.64 bits per heavy atom. The number of allylic oxidation sites excluding steroid dienone is 1. The van der Waals surface area contributed by atoms with Gasteiger partial charge in [0.15, 0.2) is 5.69 Å². The lowest BCUT2D eigenvalue weighted by Crippen LogP contribution is -2.05. The molecule has 0 saturated carbocycles. The van der Waals surface area contributed by atoms with Gasteiger partial charge in [0.05, 0.1) is 0 Å². The van der Waals surface area contributed by atoms with Gasteiger partial charge < -0.3 is 0 Å². The molecule has 1 heterocycles. The zero-order valence-electron chi connectivity index (χ0n) is 7.92. The molecule has 0 aliphatic heterocycles. The highest BCUT2D eigenvalue weighted by molar-refractivity contribution is 6.31. The number of hydrogen-bond acceptors (Lipinski definition) is 2. The molecule has 0 fully saturated rings. The Labute approximate surface area is 87.6 Å². The summed E-state index contributed by atoms with van der Waals surface area (Å²) in [5, 5.41) is 13.9. The van der Waals surface area contributed by atoms with Crippen molar-refractivity contribution in [2.45, 2.75) is 26.3 Å². The number of halogens is 1. The topological polar surface area (TPSA) is 41.6 Å². The Kier molecular flexibility index (Phi) is 2.30. The summed E-state index contributed by atoms with van der Waals surface area (Å²) in [5.41, 5.74) is 2.53. The largest absolute Gasteiger partial charge is 0.268 e. The van der Waals surface area contributed by atoms with E-state index in [9.17, 15) is 0 Å². The smallest absolute Gasteiger partial charge is 0.170 e. The molecule has 0 N–H and O–H groups in total. The minimum absolute atomic E-state index is 0.486. The molecule has 0 aromatic carbocycles. The van der Waals surface area contributed by atoms with Crippen molar-refractivity contribution >= 4 is 17.7 Å². The fraction of sp³-hybridized carbons (Fsp3) is 0.400. The van der Waals surface area contributed by atoms with Crippen LogP contribution in [0.3, 0.4) is 0 Å². The van der Waals surface area contributed by atoms with Crippen LogP contribution in [-0.4, -0.2) is 9.78 Å². The lowest BCUT2D eigenvalue weighted by atomic mass is 10.0. The Morgan fingerprint density at radius 3 is 3.07 bits per heavy atom. The molecule has 0 amide bonds. The molecule has 2 rings (SSSR count). The van der Waals surface area contributed by atoms with Gasteiger partial charge in [-0.15, -0.1) is 0 Å². The number of fused-ring (bicyclic) bond motifs is 1. The molecule has 1 aromatic rings. The SMILES string of the molecule is CCn1nc(C#N)c2c1CCC(Cl)=C2. The molecule has 4 heteroatoms. The fourth-order valence-corrected chi connectivity index (χ4v) is 1.94. The summed E-state index contributed by atoms with van der Waals surface area (Å²) < 4.78 is 1.88. The molecule has 0 spiro atoms. The molecule has 14 heavy (non-hydrogen) atoms. The lowest BCUT2D eigenvalue weighted by molar-refractivity contribution is 0.616. The molecule has 0 bridgehead atoms. The van der Waals surface area contributed by atoms with Crippen LogP contribution in [-0.2, 0) is 13.0 Å². The quantitative estimate of drug-likeness (QED) is 0.709. The normalized spacial score (nSPS) is 14.5. The number of aryl methyl sites for hydroxylation is 1. The van der Waals surface area contributed by atoms with Crippen molar-refractivity contribution in [3.8, 4) is 6.07 Å². The average molecular weight is 208 g/mol. The van der Waals surface area contributed by atoms with E-state index in [-0.39, 0.29) is 0 Å². The minimum Gasteiger partial charge on any atom is -0.268 e. The third-order valence-electron chi connectivity index (χ3n) is 2.41. The maximum absolute atomic E-state index is 8.89. The van der Waals surface area contributed by atoms with E-state index in [0.29, 0.717) is 5.69 Å². The van der Waals surface area contributed by atoms with Crippen LogP contribution in [0.1, 0.15) is 30.3 Å². The summed E-state index contributed by atoms with van der Waals surface area (Å²) in [6.07, 6.45) is 3.59. The van der Waals surface area contributed by atoms with Gasteiger partial charge in [0, 0.05) is 22.8 Å². The second-order valence-corrected chi connectivity index (χ2v) is 3.71. The molecule has 72 valence electrons. The molecule has 1 aliphatic carbocycles. The summed E-state index contributed by atoms with van der Waals surface area (Å²) in [6, 6.07) is 2.10. The summed E-state index contributed by atoms with van der Waals surface area (Å²) >= 11 is 5.94. The summed E-state index contributed by atoms with van der Waals surface area (Å²) in [7, 11) is 0. The molecule has 0 saturated heterocycles. The van der Waals surface area contributed by atoms with Gasteiger partial charge in [-0.1, -0.05) is 11.6 Å². The van der Waals surface area contributed by atoms with E-state index in [4.69, 9.17) is 16.9 Å². The van der Waals surface area contributed by atoms with Crippen LogP contribution in [0.4, 0.5) is 0 Å². The Bertz CT molecular complexity index is 437. The van der Waals surface area contributed by atoms with Gasteiger partial charge in [-0.25, -0.2) is 0 Å². The molecular formula is C10H10ClN3. The van der Waals surface area contributed by atoms with Crippen LogP contribution in [0.15, 0.2) is 5.03 Å². The number of nitrogens with zero attached hydrogens (tertiary/aromatic N) is 3. The maximum atomic E-state index is 8.89. The molecule has 1 aromatic heterocycles. The average Bonchev–Trinajstić information content (AvgIpc) is 2.55. The van der Waals surface area contributed by atoms with E-state index in [1.165, 1.54) is 0 Å². The summed E-state index contributed by atoms with van der Waals surface area (Å²) in [6.45, 7) is 2.82. The van der Waals surface area contributed by atoms with Crippen LogP contribution >= 0.6 is 11.6 Å². The molecule has 0 atom stereocenters. The molecule has 3 nitrogen and oxygen atoms in total. The van der Waals surface area contributed by atoms with Gasteiger partial charge in [0.2, 0.25) is 0 Å². The first kappa shape index (κ1) is 9.29.